The van der Waals surface area contributed by atoms with Gasteiger partial charge in [0.25, 0.3) is 5.91 Å². The molecule has 0 bridgehead atoms. The van der Waals surface area contributed by atoms with Gasteiger partial charge < -0.3 is 15.4 Å². The highest BCUT2D eigenvalue weighted by Gasteiger charge is 2.51. The van der Waals surface area contributed by atoms with Gasteiger partial charge in [0.05, 0.1) is 17.8 Å². The first-order chi connectivity index (χ1) is 13.4. The first-order valence-electron chi connectivity index (χ1n) is 8.74. The lowest BCUT2D eigenvalue weighted by molar-refractivity contribution is -0.134. The van der Waals surface area contributed by atoms with Crippen molar-refractivity contribution < 1.29 is 19.1 Å². The van der Waals surface area contributed by atoms with Crippen LogP contribution < -0.4 is 15.4 Å². The summed E-state index contributed by atoms with van der Waals surface area (Å²) in [5, 5.41) is 5.73. The molecule has 0 aromatic heterocycles. The number of imide groups is 1. The van der Waals surface area contributed by atoms with Crippen LogP contribution in [0.25, 0.3) is 0 Å². The molecule has 1 atom stereocenters. The molecular formula is C20H20ClN3O4. The number of carbonyl (C=O) groups excluding carboxylic acids is 3. The summed E-state index contributed by atoms with van der Waals surface area (Å²) in [7, 11) is 1.55. The summed E-state index contributed by atoms with van der Waals surface area (Å²) in [6.07, 6.45) is 0.340. The second-order valence-electron chi connectivity index (χ2n) is 6.34. The molecule has 2 aromatic rings. The van der Waals surface area contributed by atoms with E-state index in [0.29, 0.717) is 28.4 Å². The van der Waals surface area contributed by atoms with Gasteiger partial charge in [0.1, 0.15) is 17.8 Å². The van der Waals surface area contributed by atoms with E-state index in [2.05, 4.69) is 10.6 Å². The van der Waals surface area contributed by atoms with Gasteiger partial charge in [0.2, 0.25) is 5.91 Å². The van der Waals surface area contributed by atoms with E-state index in [1.54, 1.807) is 62.6 Å². The summed E-state index contributed by atoms with van der Waals surface area (Å²) in [6, 6.07) is 13.0. The van der Waals surface area contributed by atoms with Gasteiger partial charge >= 0.3 is 6.03 Å². The summed E-state index contributed by atoms with van der Waals surface area (Å²) in [6.45, 7) is 1.39. The highest BCUT2D eigenvalue weighted by molar-refractivity contribution is 6.33. The van der Waals surface area contributed by atoms with Gasteiger partial charge in [-0.2, -0.15) is 0 Å². The largest absolute Gasteiger partial charge is 0.497 e. The number of ether oxygens (including phenoxy) is 1. The second kappa shape index (κ2) is 7.90. The number of para-hydroxylation sites is 1. The zero-order chi connectivity index (χ0) is 20.3. The molecule has 7 nitrogen and oxygen atoms in total. The summed E-state index contributed by atoms with van der Waals surface area (Å²) in [5.41, 5.74) is -0.171. The standard InChI is InChI=1S/C20H20ClN3O4/c1-3-20(13-8-10-14(28-2)11-9-13)18(26)24(19(27)23-20)12-17(25)22-16-7-5-4-6-15(16)21/h4-11H,3,12H2,1-2H3,(H,22,25)(H,23,27). The Kier molecular flexibility index (Phi) is 5.56. The van der Waals surface area contributed by atoms with Gasteiger partial charge in [-0.1, -0.05) is 42.8 Å². The Morgan fingerprint density at radius 2 is 1.86 bits per heavy atom. The lowest BCUT2D eigenvalue weighted by Crippen LogP contribution is -2.44. The van der Waals surface area contributed by atoms with Crippen molar-refractivity contribution in [2.45, 2.75) is 18.9 Å². The fourth-order valence-electron chi connectivity index (χ4n) is 3.18. The third-order valence-electron chi connectivity index (χ3n) is 4.74. The number of nitrogens with one attached hydrogen (secondary N) is 2. The molecule has 1 saturated heterocycles. The Morgan fingerprint density at radius 3 is 2.46 bits per heavy atom. The molecule has 8 heteroatoms. The van der Waals surface area contributed by atoms with E-state index in [1.807, 2.05) is 0 Å². The number of halogens is 1. The Morgan fingerprint density at radius 1 is 1.18 bits per heavy atom. The molecule has 28 heavy (non-hydrogen) atoms. The molecular weight excluding hydrogens is 382 g/mol. The summed E-state index contributed by atoms with van der Waals surface area (Å²) in [5.74, 6) is -0.347. The van der Waals surface area contributed by atoms with Crippen molar-refractivity contribution in [3.05, 3.63) is 59.1 Å². The number of amides is 4. The monoisotopic (exact) mass is 401 g/mol. The lowest BCUT2D eigenvalue weighted by Gasteiger charge is -2.26. The number of hydrogen-bond donors (Lipinski definition) is 2. The predicted molar refractivity (Wildman–Crippen MR) is 105 cm³/mol. The molecule has 3 rings (SSSR count). The maximum atomic E-state index is 13.1. The minimum absolute atomic E-state index is 0.340. The van der Waals surface area contributed by atoms with Crippen molar-refractivity contribution in [3.63, 3.8) is 0 Å². The smallest absolute Gasteiger partial charge is 0.325 e. The number of anilines is 1. The van der Waals surface area contributed by atoms with Crippen molar-refractivity contribution in [1.29, 1.82) is 0 Å². The lowest BCUT2D eigenvalue weighted by atomic mass is 9.87. The second-order valence-corrected chi connectivity index (χ2v) is 6.74. The normalized spacial score (nSPS) is 18.8. The Hall–Kier alpha value is -3.06. The SMILES string of the molecule is CCC1(c2ccc(OC)cc2)NC(=O)N(CC(=O)Nc2ccccc2Cl)C1=O. The fourth-order valence-corrected chi connectivity index (χ4v) is 3.36. The third-order valence-corrected chi connectivity index (χ3v) is 5.07. The molecule has 4 amide bonds. The van der Waals surface area contributed by atoms with Crippen molar-refractivity contribution in [3.8, 4) is 5.75 Å². The molecule has 146 valence electrons. The van der Waals surface area contributed by atoms with E-state index < -0.39 is 29.9 Å². The molecule has 1 unspecified atom stereocenters. The van der Waals surface area contributed by atoms with Gasteiger partial charge in [-0.05, 0) is 36.2 Å². The minimum atomic E-state index is -1.21. The summed E-state index contributed by atoms with van der Waals surface area (Å²) < 4.78 is 5.14. The van der Waals surface area contributed by atoms with Crippen molar-refractivity contribution in [1.82, 2.24) is 10.2 Å². The number of hydrogen-bond acceptors (Lipinski definition) is 4. The number of rotatable bonds is 6. The van der Waals surface area contributed by atoms with Crippen molar-refractivity contribution >= 4 is 35.1 Å². The summed E-state index contributed by atoms with van der Waals surface area (Å²) >= 11 is 6.03. The van der Waals surface area contributed by atoms with E-state index >= 15 is 0 Å². The quantitative estimate of drug-likeness (QED) is 0.728. The van der Waals surface area contributed by atoms with Gasteiger partial charge in [-0.15, -0.1) is 0 Å². The van der Waals surface area contributed by atoms with E-state index in [4.69, 9.17) is 16.3 Å². The molecule has 0 radical (unpaired) electrons. The first kappa shape index (κ1) is 19.7. The van der Waals surface area contributed by atoms with Crippen LogP contribution in [0.5, 0.6) is 5.75 Å². The highest BCUT2D eigenvalue weighted by Crippen LogP contribution is 2.33. The topological polar surface area (TPSA) is 87.7 Å². The van der Waals surface area contributed by atoms with Gasteiger partial charge in [0, 0.05) is 0 Å². The van der Waals surface area contributed by atoms with Crippen molar-refractivity contribution in [2.24, 2.45) is 0 Å². The Balaban J connectivity index is 1.79. The number of benzene rings is 2. The van der Waals surface area contributed by atoms with E-state index in [9.17, 15) is 14.4 Å². The minimum Gasteiger partial charge on any atom is -0.497 e. The molecule has 0 spiro atoms. The fraction of sp³-hybridized carbons (Fsp3) is 0.250. The van der Waals surface area contributed by atoms with Crippen LogP contribution >= 0.6 is 11.6 Å². The zero-order valence-electron chi connectivity index (χ0n) is 15.5. The average Bonchev–Trinajstić information content (AvgIpc) is 2.95. The molecule has 0 saturated carbocycles. The van der Waals surface area contributed by atoms with Crippen LogP contribution in [0.3, 0.4) is 0 Å². The van der Waals surface area contributed by atoms with E-state index in [0.717, 1.165) is 4.90 Å². The van der Waals surface area contributed by atoms with Crippen LogP contribution in [0.4, 0.5) is 10.5 Å². The summed E-state index contributed by atoms with van der Waals surface area (Å²) in [4.78, 5) is 38.8. The van der Waals surface area contributed by atoms with Crippen LogP contribution in [0.15, 0.2) is 48.5 Å². The highest BCUT2D eigenvalue weighted by atomic mass is 35.5. The Bertz CT molecular complexity index is 916. The molecule has 2 N–H and O–H groups in total. The molecule has 0 aliphatic carbocycles. The van der Waals surface area contributed by atoms with Crippen LogP contribution in [-0.4, -0.2) is 36.4 Å². The maximum Gasteiger partial charge on any atom is 0.325 e. The molecule has 1 heterocycles. The van der Waals surface area contributed by atoms with E-state index in [1.165, 1.54) is 0 Å². The van der Waals surface area contributed by atoms with Gasteiger partial charge in [-0.3, -0.25) is 14.5 Å². The van der Waals surface area contributed by atoms with Gasteiger partial charge in [0.15, 0.2) is 0 Å². The van der Waals surface area contributed by atoms with Gasteiger partial charge in [-0.25, -0.2) is 4.79 Å². The number of carbonyl (C=O) groups is 3. The third kappa shape index (κ3) is 3.53. The zero-order valence-corrected chi connectivity index (χ0v) is 16.2. The number of urea groups is 1. The average molecular weight is 402 g/mol. The Labute approximate surface area is 167 Å². The molecule has 1 aliphatic heterocycles. The number of nitrogens with zero attached hydrogens (tertiary/aromatic N) is 1. The molecule has 1 aliphatic rings. The predicted octanol–water partition coefficient (Wildman–Crippen LogP) is 3.14. The van der Waals surface area contributed by atoms with Crippen molar-refractivity contribution in [2.75, 3.05) is 19.0 Å². The first-order valence-corrected chi connectivity index (χ1v) is 9.12. The maximum absolute atomic E-state index is 13.1. The van der Waals surface area contributed by atoms with Crippen LogP contribution in [-0.2, 0) is 15.1 Å². The van der Waals surface area contributed by atoms with E-state index in [-0.39, 0.29) is 0 Å². The molecule has 2 aromatic carbocycles. The number of methoxy groups -OCH3 is 1. The van der Waals surface area contributed by atoms with Crippen LogP contribution in [0.2, 0.25) is 5.02 Å². The van der Waals surface area contributed by atoms with Crippen LogP contribution in [0, 0.1) is 0 Å². The molecule has 1 fully saturated rings. The van der Waals surface area contributed by atoms with Crippen LogP contribution in [0.1, 0.15) is 18.9 Å².